The zero-order valence-corrected chi connectivity index (χ0v) is 12.4. The lowest BCUT2D eigenvalue weighted by atomic mass is 9.75. The molecule has 0 radical (unpaired) electrons. The Morgan fingerprint density at radius 1 is 1.35 bits per heavy atom. The number of aromatic nitrogens is 1. The second kappa shape index (κ2) is 5.46. The predicted octanol–water partition coefficient (Wildman–Crippen LogP) is 2.35. The van der Waals surface area contributed by atoms with E-state index in [-0.39, 0.29) is 11.0 Å². The molecule has 0 aliphatic carbocycles. The van der Waals surface area contributed by atoms with Gasteiger partial charge in [0.15, 0.2) is 0 Å². The summed E-state index contributed by atoms with van der Waals surface area (Å²) in [7, 11) is 0. The topological polar surface area (TPSA) is 50.9 Å². The molecule has 0 aliphatic heterocycles. The van der Waals surface area contributed by atoms with Crippen LogP contribution >= 0.6 is 11.3 Å². The summed E-state index contributed by atoms with van der Waals surface area (Å²) in [6, 6.07) is 0. The van der Waals surface area contributed by atoms with E-state index in [2.05, 4.69) is 43.4 Å². The smallest absolute Gasteiger partial charge is 0.0897 e. The molecule has 98 valence electrons. The molecule has 3 N–H and O–H groups in total. The average molecular weight is 255 g/mol. The van der Waals surface area contributed by atoms with Crippen LogP contribution in [0.25, 0.3) is 0 Å². The zero-order valence-electron chi connectivity index (χ0n) is 11.6. The van der Waals surface area contributed by atoms with Crippen molar-refractivity contribution < 1.29 is 0 Å². The second-order valence-corrected chi connectivity index (χ2v) is 6.95. The maximum absolute atomic E-state index is 6.16. The standard InChI is InChI=1S/C13H25N3S/c1-10-16-11(8-17-10)6-7-15-9-12(2,3)13(4,5)14/h8,15H,6-7,9,14H2,1-5H3. The van der Waals surface area contributed by atoms with Crippen LogP contribution in [0, 0.1) is 12.3 Å². The number of rotatable bonds is 6. The van der Waals surface area contributed by atoms with Gasteiger partial charge >= 0.3 is 0 Å². The minimum Gasteiger partial charge on any atom is -0.325 e. The number of hydrogen-bond acceptors (Lipinski definition) is 4. The fourth-order valence-electron chi connectivity index (χ4n) is 1.37. The fraction of sp³-hybridized carbons (Fsp3) is 0.769. The fourth-order valence-corrected chi connectivity index (χ4v) is 2.02. The molecule has 17 heavy (non-hydrogen) atoms. The third-order valence-electron chi connectivity index (χ3n) is 3.54. The Morgan fingerprint density at radius 3 is 2.47 bits per heavy atom. The molecule has 0 amide bonds. The molecule has 0 aromatic carbocycles. The molecule has 1 aromatic rings. The molecule has 0 saturated heterocycles. The minimum atomic E-state index is -0.169. The third-order valence-corrected chi connectivity index (χ3v) is 4.36. The van der Waals surface area contributed by atoms with Gasteiger partial charge in [-0.25, -0.2) is 4.98 Å². The van der Waals surface area contributed by atoms with E-state index in [9.17, 15) is 0 Å². The normalized spacial score (nSPS) is 13.1. The molecule has 3 nitrogen and oxygen atoms in total. The van der Waals surface area contributed by atoms with Crippen molar-refractivity contribution in [2.75, 3.05) is 13.1 Å². The van der Waals surface area contributed by atoms with Crippen LogP contribution in [0.3, 0.4) is 0 Å². The van der Waals surface area contributed by atoms with Crippen LogP contribution in [-0.2, 0) is 6.42 Å². The summed E-state index contributed by atoms with van der Waals surface area (Å²) in [5.41, 5.74) is 7.26. The van der Waals surface area contributed by atoms with Gasteiger partial charge in [-0.2, -0.15) is 0 Å². The number of thiazole rings is 1. The minimum absolute atomic E-state index is 0.0883. The molecule has 1 rings (SSSR count). The third kappa shape index (κ3) is 4.37. The van der Waals surface area contributed by atoms with E-state index in [0.717, 1.165) is 24.5 Å². The SMILES string of the molecule is Cc1nc(CCNCC(C)(C)C(C)(C)N)cs1. The summed E-state index contributed by atoms with van der Waals surface area (Å²) in [4.78, 5) is 4.45. The Hall–Kier alpha value is -0.450. The van der Waals surface area contributed by atoms with Gasteiger partial charge in [-0.3, -0.25) is 0 Å². The maximum Gasteiger partial charge on any atom is 0.0897 e. The Labute approximate surface area is 109 Å². The van der Waals surface area contributed by atoms with E-state index in [1.165, 1.54) is 5.69 Å². The van der Waals surface area contributed by atoms with Gasteiger partial charge in [0.2, 0.25) is 0 Å². The van der Waals surface area contributed by atoms with E-state index in [1.807, 2.05) is 6.92 Å². The molecule has 0 saturated carbocycles. The number of nitrogens with one attached hydrogen (secondary N) is 1. The summed E-state index contributed by atoms with van der Waals surface area (Å²) in [6.07, 6.45) is 0.991. The van der Waals surface area contributed by atoms with E-state index >= 15 is 0 Å². The first-order valence-corrected chi connectivity index (χ1v) is 7.01. The first-order chi connectivity index (χ1) is 7.72. The van der Waals surface area contributed by atoms with Crippen molar-refractivity contribution in [3.8, 4) is 0 Å². The van der Waals surface area contributed by atoms with Gasteiger partial charge in [0, 0.05) is 30.4 Å². The van der Waals surface area contributed by atoms with Gasteiger partial charge in [-0.15, -0.1) is 11.3 Å². The van der Waals surface area contributed by atoms with Crippen molar-refractivity contribution in [2.24, 2.45) is 11.1 Å². The van der Waals surface area contributed by atoms with Gasteiger partial charge in [0.05, 0.1) is 10.7 Å². The Kier molecular flexibility index (Phi) is 4.69. The predicted molar refractivity (Wildman–Crippen MR) is 75.5 cm³/mol. The molecule has 0 bridgehead atoms. The highest BCUT2D eigenvalue weighted by Gasteiger charge is 2.32. The van der Waals surface area contributed by atoms with E-state index < -0.39 is 0 Å². The summed E-state index contributed by atoms with van der Waals surface area (Å²) in [6.45, 7) is 12.5. The van der Waals surface area contributed by atoms with Crippen molar-refractivity contribution >= 4 is 11.3 Å². The van der Waals surface area contributed by atoms with Crippen LogP contribution < -0.4 is 11.1 Å². The largest absolute Gasteiger partial charge is 0.325 e. The van der Waals surface area contributed by atoms with Crippen molar-refractivity contribution in [3.63, 3.8) is 0 Å². The Morgan fingerprint density at radius 2 is 2.00 bits per heavy atom. The van der Waals surface area contributed by atoms with Crippen LogP contribution in [0.15, 0.2) is 5.38 Å². The highest BCUT2D eigenvalue weighted by molar-refractivity contribution is 7.09. The maximum atomic E-state index is 6.16. The number of hydrogen-bond donors (Lipinski definition) is 2. The molecule has 0 atom stereocenters. The number of aryl methyl sites for hydroxylation is 1. The molecule has 4 heteroatoms. The van der Waals surface area contributed by atoms with Crippen LogP contribution in [0.5, 0.6) is 0 Å². The van der Waals surface area contributed by atoms with Crippen LogP contribution in [-0.4, -0.2) is 23.6 Å². The Bertz CT molecular complexity index is 350. The molecule has 1 heterocycles. The van der Waals surface area contributed by atoms with Gasteiger partial charge < -0.3 is 11.1 Å². The molecule has 0 fully saturated rings. The molecule has 0 spiro atoms. The van der Waals surface area contributed by atoms with Crippen molar-refractivity contribution in [1.29, 1.82) is 0 Å². The van der Waals surface area contributed by atoms with E-state index in [1.54, 1.807) is 11.3 Å². The van der Waals surface area contributed by atoms with Gasteiger partial charge in [0.25, 0.3) is 0 Å². The molecule has 0 unspecified atom stereocenters. The first kappa shape index (κ1) is 14.6. The summed E-state index contributed by atoms with van der Waals surface area (Å²) in [5, 5.41) is 6.75. The first-order valence-electron chi connectivity index (χ1n) is 6.13. The lowest BCUT2D eigenvalue weighted by Crippen LogP contribution is -2.52. The summed E-state index contributed by atoms with van der Waals surface area (Å²) >= 11 is 1.71. The van der Waals surface area contributed by atoms with Crippen molar-refractivity contribution in [3.05, 3.63) is 16.1 Å². The van der Waals surface area contributed by atoms with E-state index in [4.69, 9.17) is 5.73 Å². The molecule has 1 aromatic heterocycles. The second-order valence-electron chi connectivity index (χ2n) is 5.89. The highest BCUT2D eigenvalue weighted by Crippen LogP contribution is 2.26. The van der Waals surface area contributed by atoms with Crippen LogP contribution in [0.1, 0.15) is 38.4 Å². The van der Waals surface area contributed by atoms with Crippen molar-refractivity contribution in [2.45, 2.75) is 46.6 Å². The van der Waals surface area contributed by atoms with Gasteiger partial charge in [-0.1, -0.05) is 13.8 Å². The zero-order chi connectivity index (χ0) is 13.1. The van der Waals surface area contributed by atoms with Crippen LogP contribution in [0.4, 0.5) is 0 Å². The van der Waals surface area contributed by atoms with Gasteiger partial charge in [0.1, 0.15) is 0 Å². The molecule has 0 aliphatic rings. The monoisotopic (exact) mass is 255 g/mol. The molecular weight excluding hydrogens is 230 g/mol. The average Bonchev–Trinajstić information content (AvgIpc) is 2.57. The highest BCUT2D eigenvalue weighted by atomic mass is 32.1. The quantitative estimate of drug-likeness (QED) is 0.767. The van der Waals surface area contributed by atoms with Crippen molar-refractivity contribution in [1.82, 2.24) is 10.3 Å². The molecular formula is C13H25N3S. The Balaban J connectivity index is 2.29. The summed E-state index contributed by atoms with van der Waals surface area (Å²) in [5.74, 6) is 0. The lowest BCUT2D eigenvalue weighted by Gasteiger charge is -2.38. The number of nitrogens with zero attached hydrogens (tertiary/aromatic N) is 1. The van der Waals surface area contributed by atoms with Gasteiger partial charge in [-0.05, 0) is 26.2 Å². The lowest BCUT2D eigenvalue weighted by molar-refractivity contribution is 0.196. The van der Waals surface area contributed by atoms with Crippen LogP contribution in [0.2, 0.25) is 0 Å². The summed E-state index contributed by atoms with van der Waals surface area (Å²) < 4.78 is 0. The number of nitrogens with two attached hydrogens (primary N) is 1. The van der Waals surface area contributed by atoms with E-state index in [0.29, 0.717) is 0 Å².